The van der Waals surface area contributed by atoms with E-state index >= 15 is 0 Å². The van der Waals surface area contributed by atoms with Gasteiger partial charge in [-0.2, -0.15) is 10.4 Å². The molecule has 3 aromatic rings. The number of hydrogen-bond acceptors (Lipinski definition) is 7. The van der Waals surface area contributed by atoms with Gasteiger partial charge in [0.2, 0.25) is 0 Å². The Bertz CT molecular complexity index is 1200. The lowest BCUT2D eigenvalue weighted by molar-refractivity contribution is 0.0817. The van der Waals surface area contributed by atoms with Crippen molar-refractivity contribution in [2.45, 2.75) is 45.5 Å². The Morgan fingerprint density at radius 1 is 1.12 bits per heavy atom. The zero-order valence-corrected chi connectivity index (χ0v) is 21.4. The fourth-order valence-corrected chi connectivity index (χ4v) is 5.55. The quantitative estimate of drug-likeness (QED) is 0.413. The molecule has 0 atom stereocenters. The van der Waals surface area contributed by atoms with Gasteiger partial charge in [0, 0.05) is 65.0 Å². The highest BCUT2D eigenvalue weighted by atomic mass is 28.3. The lowest BCUT2D eigenvalue weighted by atomic mass is 10.2. The van der Waals surface area contributed by atoms with E-state index in [0.717, 1.165) is 80.2 Å². The normalized spacial score (nSPS) is 16.6. The number of imidazole rings is 1. The monoisotopic (exact) mass is 478 g/mol. The van der Waals surface area contributed by atoms with Crippen molar-refractivity contribution in [1.29, 1.82) is 5.26 Å². The van der Waals surface area contributed by atoms with Crippen LogP contribution in [0.25, 0.3) is 10.9 Å². The van der Waals surface area contributed by atoms with Gasteiger partial charge in [-0.15, -0.1) is 0 Å². The molecule has 180 valence electrons. The molecule has 0 amide bonds. The predicted molar refractivity (Wildman–Crippen MR) is 137 cm³/mol. The molecule has 2 aliphatic heterocycles. The van der Waals surface area contributed by atoms with Gasteiger partial charge in [0.1, 0.15) is 24.4 Å². The summed E-state index contributed by atoms with van der Waals surface area (Å²) in [6.07, 6.45) is 1.94. The fraction of sp³-hybridized carbons (Fsp3) is 0.542. The topological polar surface area (TPSA) is 87.2 Å². The Kier molecular flexibility index (Phi) is 6.33. The van der Waals surface area contributed by atoms with E-state index in [-0.39, 0.29) is 0 Å². The average molecular weight is 479 g/mol. The Balaban J connectivity index is 1.35. The van der Waals surface area contributed by atoms with Gasteiger partial charge in [0.05, 0.1) is 18.3 Å². The third-order valence-corrected chi connectivity index (χ3v) is 8.39. The molecule has 2 aliphatic rings. The van der Waals surface area contributed by atoms with Crippen LogP contribution in [0.1, 0.15) is 11.5 Å². The van der Waals surface area contributed by atoms with Crippen LogP contribution in [0.3, 0.4) is 0 Å². The highest BCUT2D eigenvalue weighted by Crippen LogP contribution is 2.32. The zero-order valence-electron chi connectivity index (χ0n) is 20.4. The van der Waals surface area contributed by atoms with E-state index in [2.05, 4.69) is 68.7 Å². The molecular formula is C24H34N8OSi. The van der Waals surface area contributed by atoms with Gasteiger partial charge in [-0.3, -0.25) is 0 Å². The minimum Gasteiger partial charge on any atom is -0.362 e. The van der Waals surface area contributed by atoms with E-state index in [4.69, 9.17) is 9.72 Å². The second kappa shape index (κ2) is 9.41. The maximum absolute atomic E-state index is 9.76. The van der Waals surface area contributed by atoms with E-state index in [1.807, 2.05) is 10.9 Å². The second-order valence-corrected chi connectivity index (χ2v) is 15.9. The number of aromatic nitrogens is 4. The Hall–Kier alpha value is -2.87. The number of nitriles is 1. The van der Waals surface area contributed by atoms with Crippen LogP contribution in [-0.4, -0.2) is 66.7 Å². The zero-order chi connectivity index (χ0) is 23.7. The first-order chi connectivity index (χ1) is 16.4. The van der Waals surface area contributed by atoms with Gasteiger partial charge in [-0.05, 0) is 18.2 Å². The molecule has 0 aliphatic carbocycles. The van der Waals surface area contributed by atoms with Gasteiger partial charge >= 0.3 is 0 Å². The van der Waals surface area contributed by atoms with Crippen LogP contribution in [0.4, 0.5) is 11.5 Å². The largest absolute Gasteiger partial charge is 0.362 e. The summed E-state index contributed by atoms with van der Waals surface area (Å²) >= 11 is 0. The van der Waals surface area contributed by atoms with E-state index in [1.54, 1.807) is 0 Å². The van der Waals surface area contributed by atoms with Crippen molar-refractivity contribution >= 4 is 30.5 Å². The molecule has 10 heteroatoms. The highest BCUT2D eigenvalue weighted by Gasteiger charge is 2.28. The summed E-state index contributed by atoms with van der Waals surface area (Å²) in [5.41, 5.74) is 2.78. The van der Waals surface area contributed by atoms with Crippen LogP contribution in [0.15, 0.2) is 24.4 Å². The summed E-state index contributed by atoms with van der Waals surface area (Å²) in [5.74, 6) is 1.94. The maximum Gasteiger partial charge on any atom is 0.183 e. The molecule has 0 radical (unpaired) electrons. The van der Waals surface area contributed by atoms with Gasteiger partial charge in [0.25, 0.3) is 0 Å². The summed E-state index contributed by atoms with van der Waals surface area (Å²) in [6, 6.07) is 9.83. The lowest BCUT2D eigenvalue weighted by Gasteiger charge is -2.34. The van der Waals surface area contributed by atoms with Crippen molar-refractivity contribution in [2.75, 3.05) is 49.1 Å². The van der Waals surface area contributed by atoms with Crippen molar-refractivity contribution in [3.63, 3.8) is 0 Å². The molecule has 9 nitrogen and oxygen atoms in total. The standard InChI is InChI=1S/C24H34N8OSi/c1-34(2,3)14-13-33-18-32-22-6-4-5-21(19(22)16-27-32)30-11-12-31-23(17-30)28-20(15-25)24(31)29-9-7-26-8-10-29/h4-6,16,26H,7-14,17-18H2,1-3H3. The molecule has 2 aromatic heterocycles. The number of piperazine rings is 1. The van der Waals surface area contributed by atoms with E-state index in [1.165, 1.54) is 0 Å². The third-order valence-electron chi connectivity index (χ3n) is 6.68. The van der Waals surface area contributed by atoms with Crippen LogP contribution in [0.5, 0.6) is 0 Å². The minimum absolute atomic E-state index is 0.474. The first-order valence-electron chi connectivity index (χ1n) is 12.2. The molecule has 1 aromatic carbocycles. The molecule has 1 saturated heterocycles. The average Bonchev–Trinajstić information content (AvgIpc) is 3.42. The number of nitrogens with one attached hydrogen (secondary N) is 1. The summed E-state index contributed by atoms with van der Waals surface area (Å²) in [6.45, 7) is 14.4. The second-order valence-electron chi connectivity index (χ2n) is 10.3. The first-order valence-corrected chi connectivity index (χ1v) is 15.9. The predicted octanol–water partition coefficient (Wildman–Crippen LogP) is 2.85. The van der Waals surface area contributed by atoms with Gasteiger partial charge in [0.15, 0.2) is 5.69 Å². The molecule has 4 heterocycles. The van der Waals surface area contributed by atoms with Crippen LogP contribution in [-0.2, 0) is 24.6 Å². The van der Waals surface area contributed by atoms with Crippen molar-refractivity contribution in [3.05, 3.63) is 35.9 Å². The van der Waals surface area contributed by atoms with Gasteiger partial charge in [-0.25, -0.2) is 9.67 Å². The van der Waals surface area contributed by atoms with Crippen LogP contribution in [0.2, 0.25) is 25.7 Å². The smallest absolute Gasteiger partial charge is 0.183 e. The molecule has 0 spiro atoms. The van der Waals surface area contributed by atoms with Gasteiger partial charge in [-0.1, -0.05) is 25.7 Å². The summed E-state index contributed by atoms with van der Waals surface area (Å²) in [4.78, 5) is 9.39. The molecule has 0 bridgehead atoms. The molecule has 0 unspecified atom stereocenters. The number of nitrogens with zero attached hydrogens (tertiary/aromatic N) is 7. The molecule has 0 saturated carbocycles. The summed E-state index contributed by atoms with van der Waals surface area (Å²) < 4.78 is 10.1. The molecule has 5 rings (SSSR count). The van der Waals surface area contributed by atoms with Crippen molar-refractivity contribution in [2.24, 2.45) is 0 Å². The number of rotatable bonds is 7. The number of anilines is 2. The van der Waals surface area contributed by atoms with Crippen LogP contribution in [0, 0.1) is 11.3 Å². The van der Waals surface area contributed by atoms with Crippen molar-refractivity contribution in [1.82, 2.24) is 24.6 Å². The number of ether oxygens (including phenoxy) is 1. The van der Waals surface area contributed by atoms with Crippen molar-refractivity contribution in [3.8, 4) is 6.07 Å². The molecule has 34 heavy (non-hydrogen) atoms. The summed E-state index contributed by atoms with van der Waals surface area (Å²) in [5, 5.41) is 18.9. The number of hydrogen-bond donors (Lipinski definition) is 1. The lowest BCUT2D eigenvalue weighted by Crippen LogP contribution is -2.45. The van der Waals surface area contributed by atoms with E-state index < -0.39 is 8.07 Å². The summed E-state index contributed by atoms with van der Waals surface area (Å²) in [7, 11) is -1.11. The Labute approximate surface area is 201 Å². The minimum atomic E-state index is -1.11. The SMILES string of the molecule is C[Si](C)(C)CCOCn1ncc2c(N3CCn4c(nc(C#N)c4N4CCNCC4)C3)cccc21. The van der Waals surface area contributed by atoms with Crippen molar-refractivity contribution < 1.29 is 4.74 Å². The highest BCUT2D eigenvalue weighted by molar-refractivity contribution is 6.76. The third kappa shape index (κ3) is 4.55. The van der Waals surface area contributed by atoms with Gasteiger partial charge < -0.3 is 24.4 Å². The van der Waals surface area contributed by atoms with Crippen LogP contribution < -0.4 is 15.1 Å². The Morgan fingerprint density at radius 3 is 2.71 bits per heavy atom. The molecule has 1 fully saturated rings. The molecule has 1 N–H and O–H groups in total. The first kappa shape index (κ1) is 22.9. The van der Waals surface area contributed by atoms with Crippen LogP contribution >= 0.6 is 0 Å². The number of fused-ring (bicyclic) bond motifs is 2. The Morgan fingerprint density at radius 2 is 1.94 bits per heavy atom. The molecular weight excluding hydrogens is 444 g/mol. The number of benzene rings is 1. The van der Waals surface area contributed by atoms with E-state index in [0.29, 0.717) is 19.0 Å². The van der Waals surface area contributed by atoms with E-state index in [9.17, 15) is 5.26 Å². The maximum atomic E-state index is 9.76. The fourth-order valence-electron chi connectivity index (χ4n) is 4.79.